The normalized spacial score (nSPS) is 14.9. The number of hydrogen-bond donors (Lipinski definition) is 1. The van der Waals surface area contributed by atoms with Crippen LogP contribution in [-0.4, -0.2) is 56.3 Å². The van der Waals surface area contributed by atoms with Gasteiger partial charge >= 0.3 is 0 Å². The third kappa shape index (κ3) is 5.51. The Bertz CT molecular complexity index is 1290. The Morgan fingerprint density at radius 1 is 0.882 bits per heavy atom. The fourth-order valence-electron chi connectivity index (χ4n) is 4.06. The number of piperazine rings is 1. The highest BCUT2D eigenvalue weighted by Crippen LogP contribution is 2.22. The number of para-hydroxylation sites is 1. The maximum absolute atomic E-state index is 13.0. The van der Waals surface area contributed by atoms with E-state index in [4.69, 9.17) is 0 Å². The van der Waals surface area contributed by atoms with Crippen molar-refractivity contribution in [2.75, 3.05) is 38.0 Å². The monoisotopic (exact) mass is 474 g/mol. The molecule has 0 aromatic heterocycles. The van der Waals surface area contributed by atoms with E-state index in [1.165, 1.54) is 22.0 Å². The van der Waals surface area contributed by atoms with Crippen LogP contribution in [-0.2, 0) is 21.2 Å². The van der Waals surface area contributed by atoms with Gasteiger partial charge in [-0.1, -0.05) is 60.7 Å². The Morgan fingerprint density at radius 3 is 2.26 bits per heavy atom. The molecule has 0 atom stereocenters. The van der Waals surface area contributed by atoms with Gasteiger partial charge < -0.3 is 5.32 Å². The van der Waals surface area contributed by atoms with Crippen molar-refractivity contribution in [2.45, 2.75) is 11.3 Å². The summed E-state index contributed by atoms with van der Waals surface area (Å²) in [4.78, 5) is 14.7. The number of nitrogens with zero attached hydrogens (tertiary/aromatic N) is 3. The maximum atomic E-state index is 13.0. The number of nitrogens with one attached hydrogen (secondary N) is 1. The molecule has 1 amide bonds. The van der Waals surface area contributed by atoms with Crippen LogP contribution >= 0.6 is 0 Å². The Kier molecular flexibility index (Phi) is 7.38. The van der Waals surface area contributed by atoms with Crippen molar-refractivity contribution in [3.63, 3.8) is 0 Å². The first kappa shape index (κ1) is 23.6. The summed E-state index contributed by atoms with van der Waals surface area (Å²) in [6.45, 7) is 1.59. The smallest absolute Gasteiger partial charge is 0.244 e. The van der Waals surface area contributed by atoms with E-state index in [0.717, 1.165) is 17.7 Å². The van der Waals surface area contributed by atoms with Crippen molar-refractivity contribution >= 4 is 21.6 Å². The molecule has 1 heterocycles. The standard InChI is InChI=1S/C26H26N4O3S/c27-19-23-11-5-7-13-25(23)34(32,33)30-16-14-29(15-17-30)20-26(31)28-24-12-6-4-10-22(24)18-21-8-2-1-3-9-21/h1-13H,14-18,20H2,(H,28,31). The highest BCUT2D eigenvalue weighted by molar-refractivity contribution is 7.89. The highest BCUT2D eigenvalue weighted by Gasteiger charge is 2.30. The minimum atomic E-state index is -3.76. The Hall–Kier alpha value is -3.51. The van der Waals surface area contributed by atoms with Gasteiger partial charge in [-0.15, -0.1) is 0 Å². The summed E-state index contributed by atoms with van der Waals surface area (Å²) >= 11 is 0. The van der Waals surface area contributed by atoms with Gasteiger partial charge in [0, 0.05) is 31.9 Å². The Morgan fingerprint density at radius 2 is 1.53 bits per heavy atom. The largest absolute Gasteiger partial charge is 0.325 e. The number of hydrogen-bond acceptors (Lipinski definition) is 5. The van der Waals surface area contributed by atoms with E-state index in [0.29, 0.717) is 13.1 Å². The topological polar surface area (TPSA) is 93.5 Å². The van der Waals surface area contributed by atoms with Crippen molar-refractivity contribution in [1.29, 1.82) is 5.26 Å². The molecule has 0 aliphatic carbocycles. The predicted molar refractivity (Wildman–Crippen MR) is 131 cm³/mol. The Balaban J connectivity index is 1.35. The van der Waals surface area contributed by atoms with Crippen LogP contribution in [0.4, 0.5) is 5.69 Å². The maximum Gasteiger partial charge on any atom is 0.244 e. The molecule has 1 aliphatic heterocycles. The summed E-state index contributed by atoms with van der Waals surface area (Å²) in [6.07, 6.45) is 0.720. The number of carbonyl (C=O) groups is 1. The van der Waals surface area contributed by atoms with Crippen molar-refractivity contribution in [3.8, 4) is 6.07 Å². The quantitative estimate of drug-likeness (QED) is 0.568. The van der Waals surface area contributed by atoms with Gasteiger partial charge in [0.2, 0.25) is 15.9 Å². The molecule has 0 saturated carbocycles. The van der Waals surface area contributed by atoms with Crippen molar-refractivity contribution < 1.29 is 13.2 Å². The van der Waals surface area contributed by atoms with E-state index in [1.54, 1.807) is 12.1 Å². The molecule has 0 spiro atoms. The molecule has 0 unspecified atom stereocenters. The van der Waals surface area contributed by atoms with Gasteiger partial charge in [-0.2, -0.15) is 9.57 Å². The van der Waals surface area contributed by atoms with Crippen LogP contribution < -0.4 is 5.32 Å². The van der Waals surface area contributed by atoms with E-state index < -0.39 is 10.0 Å². The van der Waals surface area contributed by atoms with E-state index in [9.17, 15) is 18.5 Å². The van der Waals surface area contributed by atoms with Crippen molar-refractivity contribution in [3.05, 3.63) is 95.6 Å². The molecule has 7 nitrogen and oxygen atoms in total. The summed E-state index contributed by atoms with van der Waals surface area (Å²) < 4.78 is 27.4. The molecule has 34 heavy (non-hydrogen) atoms. The lowest BCUT2D eigenvalue weighted by atomic mass is 10.0. The zero-order valence-corrected chi connectivity index (χ0v) is 19.5. The average Bonchev–Trinajstić information content (AvgIpc) is 2.86. The summed E-state index contributed by atoms with van der Waals surface area (Å²) in [5.74, 6) is -0.133. The lowest BCUT2D eigenvalue weighted by molar-refractivity contribution is -0.117. The lowest BCUT2D eigenvalue weighted by Gasteiger charge is -2.33. The Labute approximate surface area is 200 Å². The third-order valence-electron chi connectivity index (χ3n) is 5.85. The van der Waals surface area contributed by atoms with E-state index in [-0.39, 0.29) is 36.0 Å². The summed E-state index contributed by atoms with van der Waals surface area (Å²) in [5.41, 5.74) is 3.12. The SMILES string of the molecule is N#Cc1ccccc1S(=O)(=O)N1CCN(CC(=O)Nc2ccccc2Cc2ccccc2)CC1. The third-order valence-corrected chi connectivity index (χ3v) is 7.81. The minimum absolute atomic E-state index is 0.0266. The van der Waals surface area contributed by atoms with Gasteiger partial charge in [-0.3, -0.25) is 9.69 Å². The van der Waals surface area contributed by atoms with E-state index >= 15 is 0 Å². The number of benzene rings is 3. The fraction of sp³-hybridized carbons (Fsp3) is 0.231. The van der Waals surface area contributed by atoms with Crippen molar-refractivity contribution in [2.24, 2.45) is 0 Å². The molecule has 1 N–H and O–H groups in total. The molecular weight excluding hydrogens is 448 g/mol. The van der Waals surface area contributed by atoms with Gasteiger partial charge in [-0.25, -0.2) is 8.42 Å². The molecule has 3 aromatic carbocycles. The van der Waals surface area contributed by atoms with Crippen LogP contribution in [0.1, 0.15) is 16.7 Å². The number of anilines is 1. The second kappa shape index (κ2) is 10.6. The molecule has 0 radical (unpaired) electrons. The van der Waals surface area contributed by atoms with Gasteiger partial charge in [0.25, 0.3) is 0 Å². The molecule has 0 bridgehead atoms. The van der Waals surface area contributed by atoms with Crippen LogP contribution in [0.2, 0.25) is 0 Å². The second-order valence-corrected chi connectivity index (χ2v) is 10.1. The first-order chi connectivity index (χ1) is 16.5. The number of sulfonamides is 1. The summed E-state index contributed by atoms with van der Waals surface area (Å²) in [7, 11) is -3.76. The molecule has 174 valence electrons. The molecule has 1 aliphatic rings. The van der Waals surface area contributed by atoms with Crippen LogP contribution in [0.5, 0.6) is 0 Å². The number of carbonyl (C=O) groups excluding carboxylic acids is 1. The van der Waals surface area contributed by atoms with Crippen LogP contribution in [0.3, 0.4) is 0 Å². The van der Waals surface area contributed by atoms with E-state index in [1.807, 2.05) is 53.4 Å². The second-order valence-electron chi connectivity index (χ2n) is 8.16. The van der Waals surface area contributed by atoms with Gasteiger partial charge in [0.1, 0.15) is 6.07 Å². The molecule has 1 fully saturated rings. The van der Waals surface area contributed by atoms with Crippen LogP contribution in [0.15, 0.2) is 83.8 Å². The van der Waals surface area contributed by atoms with Crippen LogP contribution in [0, 0.1) is 11.3 Å². The number of rotatable bonds is 7. The zero-order chi connectivity index (χ0) is 24.0. The van der Waals surface area contributed by atoms with Crippen molar-refractivity contribution in [1.82, 2.24) is 9.21 Å². The lowest BCUT2D eigenvalue weighted by Crippen LogP contribution is -2.50. The molecule has 1 saturated heterocycles. The van der Waals surface area contributed by atoms with Crippen LogP contribution in [0.25, 0.3) is 0 Å². The highest BCUT2D eigenvalue weighted by atomic mass is 32.2. The summed E-state index contributed by atoms with van der Waals surface area (Å²) in [5, 5.41) is 12.3. The number of nitriles is 1. The van der Waals surface area contributed by atoms with Gasteiger partial charge in [0.05, 0.1) is 17.0 Å². The predicted octanol–water partition coefficient (Wildman–Crippen LogP) is 3.09. The molecule has 4 rings (SSSR count). The van der Waals surface area contributed by atoms with Gasteiger partial charge in [0.15, 0.2) is 0 Å². The molecular formula is C26H26N4O3S. The fourth-order valence-corrected chi connectivity index (χ4v) is 5.62. The zero-order valence-electron chi connectivity index (χ0n) is 18.7. The molecule has 8 heteroatoms. The first-order valence-corrected chi connectivity index (χ1v) is 12.5. The van der Waals surface area contributed by atoms with Gasteiger partial charge in [-0.05, 0) is 35.7 Å². The summed E-state index contributed by atoms with van der Waals surface area (Å²) in [6, 6.07) is 26.0. The molecule has 3 aromatic rings. The van der Waals surface area contributed by atoms with E-state index in [2.05, 4.69) is 17.4 Å². The average molecular weight is 475 g/mol. The number of amides is 1. The minimum Gasteiger partial charge on any atom is -0.325 e. The first-order valence-electron chi connectivity index (χ1n) is 11.1.